The molecule has 24 heavy (non-hydrogen) atoms. The van der Waals surface area contributed by atoms with Crippen LogP contribution in [0.25, 0.3) is 11.2 Å². The third-order valence-corrected chi connectivity index (χ3v) is 5.18. The number of fused-ring (bicyclic) bond motifs is 1. The van der Waals surface area contributed by atoms with Crippen LogP contribution in [-0.2, 0) is 9.53 Å². The Morgan fingerprint density at radius 3 is 2.96 bits per heavy atom. The van der Waals surface area contributed by atoms with Crippen molar-refractivity contribution in [3.63, 3.8) is 0 Å². The number of carbonyl (C=O) groups excluding carboxylic acids is 1. The van der Waals surface area contributed by atoms with Gasteiger partial charge in [-0.2, -0.15) is 0 Å². The monoisotopic (exact) mass is 329 g/mol. The number of hydrogen-bond donors (Lipinski definition) is 1. The summed E-state index contributed by atoms with van der Waals surface area (Å²) in [6, 6.07) is 0. The van der Waals surface area contributed by atoms with E-state index in [4.69, 9.17) is 4.74 Å². The Labute approximate surface area is 138 Å². The van der Waals surface area contributed by atoms with Gasteiger partial charge in [-0.05, 0) is 31.6 Å². The number of nitrogens with one attached hydrogen (secondary N) is 1. The first-order valence-corrected chi connectivity index (χ1v) is 8.25. The van der Waals surface area contributed by atoms with E-state index in [1.54, 1.807) is 6.20 Å². The summed E-state index contributed by atoms with van der Waals surface area (Å²) < 4.78 is 5.15. The smallest absolute Gasteiger partial charge is 0.309 e. The summed E-state index contributed by atoms with van der Waals surface area (Å²) in [6.45, 7) is 3.87. The number of rotatable bonds is 3. The second-order valence-electron chi connectivity index (χ2n) is 6.49. The van der Waals surface area contributed by atoms with Crippen LogP contribution in [0.5, 0.6) is 0 Å². The Morgan fingerprint density at radius 1 is 1.42 bits per heavy atom. The third kappa shape index (κ3) is 2.42. The number of ether oxygens (including phenoxy) is 1. The van der Waals surface area contributed by atoms with Crippen LogP contribution in [-0.4, -0.2) is 45.6 Å². The van der Waals surface area contributed by atoms with E-state index >= 15 is 0 Å². The van der Waals surface area contributed by atoms with Gasteiger partial charge in [0.1, 0.15) is 5.82 Å². The van der Waals surface area contributed by atoms with Gasteiger partial charge in [-0.25, -0.2) is 15.0 Å². The zero-order valence-electron chi connectivity index (χ0n) is 13.5. The minimum Gasteiger partial charge on any atom is -0.466 e. The molecule has 1 unspecified atom stereocenters. The van der Waals surface area contributed by atoms with Crippen LogP contribution in [0.15, 0.2) is 17.3 Å². The summed E-state index contributed by atoms with van der Waals surface area (Å²) in [5.41, 5.74) is 0.422. The second-order valence-corrected chi connectivity index (χ2v) is 6.49. The fraction of sp³-hybridized carbons (Fsp3) is 0.562. The molecule has 1 spiro atoms. The molecule has 0 amide bonds. The maximum absolute atomic E-state index is 11.9. The highest BCUT2D eigenvalue weighted by Crippen LogP contribution is 2.59. The lowest BCUT2D eigenvalue weighted by Gasteiger charge is -2.33. The summed E-state index contributed by atoms with van der Waals surface area (Å²) in [5, 5.41) is 0. The van der Waals surface area contributed by atoms with Gasteiger partial charge in [-0.3, -0.25) is 9.59 Å². The van der Waals surface area contributed by atoms with E-state index in [-0.39, 0.29) is 28.4 Å². The zero-order valence-corrected chi connectivity index (χ0v) is 13.5. The molecule has 126 valence electrons. The SMILES string of the molecule is CCOC(=O)C1CC12CCN(c1cnc3nc[nH]c(=O)c3n1)CC2. The van der Waals surface area contributed by atoms with Gasteiger partial charge in [-0.1, -0.05) is 0 Å². The summed E-state index contributed by atoms with van der Waals surface area (Å²) in [6.07, 6.45) is 5.76. The molecule has 2 fully saturated rings. The normalized spacial score (nSPS) is 21.9. The molecule has 2 aliphatic rings. The van der Waals surface area contributed by atoms with Gasteiger partial charge in [0.15, 0.2) is 11.2 Å². The van der Waals surface area contributed by atoms with Crippen molar-refractivity contribution in [2.24, 2.45) is 11.3 Å². The van der Waals surface area contributed by atoms with Crippen molar-refractivity contribution in [2.75, 3.05) is 24.6 Å². The first-order valence-electron chi connectivity index (χ1n) is 8.25. The number of aromatic nitrogens is 4. The predicted octanol–water partition coefficient (Wildman–Crippen LogP) is 0.883. The number of H-pyrrole nitrogens is 1. The summed E-state index contributed by atoms with van der Waals surface area (Å²) >= 11 is 0. The van der Waals surface area contributed by atoms with E-state index in [0.29, 0.717) is 18.1 Å². The largest absolute Gasteiger partial charge is 0.466 e. The van der Waals surface area contributed by atoms with E-state index in [1.165, 1.54) is 6.33 Å². The molecule has 4 rings (SSSR count). The molecule has 8 nitrogen and oxygen atoms in total. The van der Waals surface area contributed by atoms with E-state index in [0.717, 1.165) is 32.4 Å². The molecular formula is C16H19N5O3. The maximum atomic E-state index is 11.9. The van der Waals surface area contributed by atoms with Crippen molar-refractivity contribution in [1.29, 1.82) is 0 Å². The summed E-state index contributed by atoms with van der Waals surface area (Å²) in [7, 11) is 0. The van der Waals surface area contributed by atoms with Crippen molar-refractivity contribution in [3.05, 3.63) is 22.9 Å². The fourth-order valence-electron chi connectivity index (χ4n) is 3.65. The molecule has 8 heteroatoms. The first kappa shape index (κ1) is 15.0. The molecule has 1 saturated heterocycles. The Bertz CT molecular complexity index is 841. The van der Waals surface area contributed by atoms with Crippen LogP contribution >= 0.6 is 0 Å². The Kier molecular flexibility index (Phi) is 3.47. The van der Waals surface area contributed by atoms with Gasteiger partial charge in [0.25, 0.3) is 5.56 Å². The molecule has 1 saturated carbocycles. The summed E-state index contributed by atoms with van der Waals surface area (Å²) in [5.74, 6) is 0.674. The van der Waals surface area contributed by atoms with E-state index in [2.05, 4.69) is 24.8 Å². The number of aromatic amines is 1. The van der Waals surface area contributed by atoms with Crippen LogP contribution in [0, 0.1) is 11.3 Å². The molecule has 1 aliphatic carbocycles. The number of carbonyl (C=O) groups is 1. The summed E-state index contributed by atoms with van der Waals surface area (Å²) in [4.78, 5) is 41.0. The highest BCUT2D eigenvalue weighted by Gasteiger charge is 2.59. The lowest BCUT2D eigenvalue weighted by atomic mass is 9.91. The average Bonchev–Trinajstić information content (AvgIpc) is 3.30. The lowest BCUT2D eigenvalue weighted by molar-refractivity contribution is -0.145. The van der Waals surface area contributed by atoms with E-state index in [1.807, 2.05) is 6.92 Å². The van der Waals surface area contributed by atoms with Gasteiger partial charge < -0.3 is 14.6 Å². The molecule has 1 aliphatic heterocycles. The average molecular weight is 329 g/mol. The Hall–Kier alpha value is -2.51. The molecular weight excluding hydrogens is 310 g/mol. The molecule has 2 aromatic heterocycles. The molecule has 0 aromatic carbocycles. The molecule has 3 heterocycles. The van der Waals surface area contributed by atoms with Crippen LogP contribution < -0.4 is 10.5 Å². The molecule has 0 bridgehead atoms. The maximum Gasteiger partial charge on any atom is 0.309 e. The van der Waals surface area contributed by atoms with Gasteiger partial charge >= 0.3 is 5.97 Å². The standard InChI is InChI=1S/C16H19N5O3/c1-2-24-15(23)10-7-16(10)3-5-21(6-4-16)11-8-17-13-12(20-11)14(22)19-9-18-13/h8-10H,2-7H2,1H3,(H,17,18,19,22). The van der Waals surface area contributed by atoms with Crippen LogP contribution in [0.2, 0.25) is 0 Å². The number of piperidine rings is 1. The van der Waals surface area contributed by atoms with Crippen molar-refractivity contribution >= 4 is 23.0 Å². The first-order chi connectivity index (χ1) is 11.6. The predicted molar refractivity (Wildman–Crippen MR) is 86.6 cm³/mol. The van der Waals surface area contributed by atoms with Crippen LogP contribution in [0.3, 0.4) is 0 Å². The number of esters is 1. The number of anilines is 1. The van der Waals surface area contributed by atoms with Gasteiger partial charge in [-0.15, -0.1) is 0 Å². The quantitative estimate of drug-likeness (QED) is 0.834. The Balaban J connectivity index is 1.48. The topological polar surface area (TPSA) is 101 Å². The van der Waals surface area contributed by atoms with E-state index < -0.39 is 0 Å². The lowest BCUT2D eigenvalue weighted by Crippen LogP contribution is -2.36. The molecule has 1 atom stereocenters. The highest BCUT2D eigenvalue weighted by atomic mass is 16.5. The molecule has 0 radical (unpaired) electrons. The minimum atomic E-state index is -0.285. The van der Waals surface area contributed by atoms with Crippen LogP contribution in [0.4, 0.5) is 5.82 Å². The third-order valence-electron chi connectivity index (χ3n) is 5.18. The van der Waals surface area contributed by atoms with Crippen molar-refractivity contribution < 1.29 is 9.53 Å². The number of nitrogens with zero attached hydrogens (tertiary/aromatic N) is 4. The van der Waals surface area contributed by atoms with Crippen molar-refractivity contribution in [1.82, 2.24) is 19.9 Å². The number of hydrogen-bond acceptors (Lipinski definition) is 7. The fourth-order valence-corrected chi connectivity index (χ4v) is 3.65. The van der Waals surface area contributed by atoms with Crippen molar-refractivity contribution in [3.8, 4) is 0 Å². The van der Waals surface area contributed by atoms with E-state index in [9.17, 15) is 9.59 Å². The van der Waals surface area contributed by atoms with Crippen LogP contribution in [0.1, 0.15) is 26.2 Å². The van der Waals surface area contributed by atoms with Gasteiger partial charge in [0, 0.05) is 13.1 Å². The second kappa shape index (κ2) is 5.54. The van der Waals surface area contributed by atoms with Gasteiger partial charge in [0.05, 0.1) is 25.0 Å². The van der Waals surface area contributed by atoms with Gasteiger partial charge in [0.2, 0.25) is 0 Å². The molecule has 1 N–H and O–H groups in total. The highest BCUT2D eigenvalue weighted by molar-refractivity contribution is 5.77. The Morgan fingerprint density at radius 2 is 2.21 bits per heavy atom. The van der Waals surface area contributed by atoms with Crippen molar-refractivity contribution in [2.45, 2.75) is 26.2 Å². The zero-order chi connectivity index (χ0) is 16.7. The molecule has 2 aromatic rings. The minimum absolute atomic E-state index is 0.0503.